The number of nitrogens with two attached hydrogens (primary N) is 1. The van der Waals surface area contributed by atoms with Crippen LogP contribution in [0.15, 0.2) is 164 Å². The number of nitrogens with one attached hydrogen (secondary N) is 5. The maximum absolute atomic E-state index is 12.6. The number of hydrogen-bond donors (Lipinski definition) is 8. The fourth-order valence-corrected chi connectivity index (χ4v) is 14.9. The highest BCUT2D eigenvalue weighted by Crippen LogP contribution is 2.25. The molecule has 1 aliphatic heterocycles. The summed E-state index contributed by atoms with van der Waals surface area (Å²) >= 11 is 0. The Morgan fingerprint density at radius 2 is 0.595 bits per heavy atom. The highest BCUT2D eigenvalue weighted by Gasteiger charge is 2.33. The highest BCUT2D eigenvalue weighted by atomic mass is 16.6. The Balaban J connectivity index is 0.000000370. The van der Waals surface area contributed by atoms with E-state index in [1.165, 1.54) is 193 Å². The second-order valence-corrected chi connectivity index (χ2v) is 33.3. The van der Waals surface area contributed by atoms with E-state index in [1.807, 2.05) is 42.5 Å². The third kappa shape index (κ3) is 49.0. The van der Waals surface area contributed by atoms with Gasteiger partial charge in [0.05, 0.1) is 18.8 Å². The maximum Gasteiger partial charge on any atom is 0.317 e. The van der Waals surface area contributed by atoms with Crippen LogP contribution in [0.1, 0.15) is 389 Å². The summed E-state index contributed by atoms with van der Waals surface area (Å²) in [6.45, 7) is 9.18. The molecule has 7 rings (SSSR count). The van der Waals surface area contributed by atoms with Crippen molar-refractivity contribution in [1.82, 2.24) is 26.6 Å². The average molecular weight is 1740 g/mol. The lowest BCUT2D eigenvalue weighted by Gasteiger charge is -2.15. The van der Waals surface area contributed by atoms with Crippen LogP contribution < -0.4 is 32.3 Å². The zero-order chi connectivity index (χ0) is 91.3. The molecular weight excluding hydrogens is 1590 g/mol. The molecule has 21 nitrogen and oxygen atoms in total. The van der Waals surface area contributed by atoms with Gasteiger partial charge in [-0.15, -0.1) is 0 Å². The van der Waals surface area contributed by atoms with Gasteiger partial charge in [-0.05, 0) is 81.5 Å². The van der Waals surface area contributed by atoms with Crippen LogP contribution in [0.2, 0.25) is 0 Å². The summed E-state index contributed by atoms with van der Waals surface area (Å²) < 4.78 is 4.55. The van der Waals surface area contributed by atoms with Gasteiger partial charge in [0.2, 0.25) is 11.8 Å². The molecule has 9 N–H and O–H groups in total. The number of carbonyl (C=O) groups is 12. The van der Waals surface area contributed by atoms with Crippen molar-refractivity contribution >= 4 is 70.8 Å². The molecule has 1 aliphatic rings. The van der Waals surface area contributed by atoms with Gasteiger partial charge in [0.15, 0.2) is 17.3 Å². The largest absolute Gasteiger partial charge is 0.481 e. The molecule has 6 aromatic rings. The van der Waals surface area contributed by atoms with Gasteiger partial charge in [0, 0.05) is 88.7 Å². The van der Waals surface area contributed by atoms with Crippen molar-refractivity contribution in [1.29, 1.82) is 0 Å². The molecule has 1 fully saturated rings. The van der Waals surface area contributed by atoms with Crippen LogP contribution in [-0.4, -0.2) is 120 Å². The first-order valence-electron chi connectivity index (χ1n) is 47.7. The Morgan fingerprint density at radius 3 is 0.889 bits per heavy atom. The minimum Gasteiger partial charge on any atom is -0.481 e. The first kappa shape index (κ1) is 108. The molecule has 1 saturated heterocycles. The second kappa shape index (κ2) is 69.9. The number of carboxylic acids is 2. The quantitative estimate of drug-likeness (QED) is 0.00761. The number of hydrogen-bond acceptors (Lipinski definition) is 14. The van der Waals surface area contributed by atoms with Gasteiger partial charge >= 0.3 is 23.9 Å². The van der Waals surface area contributed by atoms with Crippen LogP contribution in [0.25, 0.3) is 0 Å². The molecule has 0 aliphatic carbocycles. The molecular formula is C105H150N6O15. The predicted molar refractivity (Wildman–Crippen MR) is 503 cm³/mol. The molecule has 0 spiro atoms. The van der Waals surface area contributed by atoms with Gasteiger partial charge in [-0.25, -0.2) is 0 Å². The van der Waals surface area contributed by atoms with Crippen molar-refractivity contribution in [3.05, 3.63) is 214 Å². The fourth-order valence-electron chi connectivity index (χ4n) is 14.9. The van der Waals surface area contributed by atoms with E-state index in [0.29, 0.717) is 115 Å². The van der Waals surface area contributed by atoms with Crippen LogP contribution >= 0.6 is 0 Å². The first-order chi connectivity index (χ1) is 61.3. The zero-order valence-electron chi connectivity index (χ0n) is 76.2. The van der Waals surface area contributed by atoms with Gasteiger partial charge in [-0.2, -0.15) is 0 Å². The van der Waals surface area contributed by atoms with Gasteiger partial charge in [-0.3, -0.25) is 57.5 Å². The number of benzene rings is 6. The number of ketones is 3. The van der Waals surface area contributed by atoms with Crippen LogP contribution in [-0.2, 0) is 33.5 Å². The average Bonchev–Trinajstić information content (AvgIpc) is 1.12. The summed E-state index contributed by atoms with van der Waals surface area (Å²) in [5.41, 5.74) is 10.2. The Morgan fingerprint density at radius 1 is 0.325 bits per heavy atom. The van der Waals surface area contributed by atoms with Gasteiger partial charge in [0.25, 0.3) is 17.7 Å². The lowest BCUT2D eigenvalue weighted by atomic mass is 9.96. The van der Waals surface area contributed by atoms with Crippen molar-refractivity contribution in [2.24, 2.45) is 23.5 Å². The van der Waals surface area contributed by atoms with Crippen LogP contribution in [0.4, 0.5) is 0 Å². The van der Waals surface area contributed by atoms with Crippen LogP contribution in [0.5, 0.6) is 0 Å². The van der Waals surface area contributed by atoms with E-state index < -0.39 is 29.7 Å². The monoisotopic (exact) mass is 1740 g/mol. The number of esters is 2. The Labute approximate surface area is 752 Å². The standard InChI is InChI=1S/2C35H50N2O5.C18H32O3.C17H18N2O2/c1-2-3-4-5-6-7-8-9-10-11-12-14-20-31(27-32(38)39)35(42)37-26-17-25-36-34(41)30-23-21-29(22-24-30)33(40)28-18-15-13-16-19-28;1-2-3-4-5-6-7-8-9-10-11-12-13-17-21-31(35(41)42)34(40)37-27-18-26-36-33(39)30-24-22-29(23-25-30)32(38)28-19-15-14-16-20-28;1-2-3-4-5-6-7-8-9-10-11-12-13-14-16-15-17(19)21-18(16)20;18-11-4-12-19-17(21)15-9-7-14(8-10-15)16(20)13-5-2-1-3-6-13/h13,15-16,18-19,21-24,31H,2-12,14,17,20,25-27H2,1H3,(H,36,41)(H,37,42)(H,38,39);14-16,19-20,22-25,31H,2-13,17-18,21,26-27H2,1H3,(H,36,39)(H,37,40)(H,41,42);16H,2-15H2,1H3;1-3,5-10H,4,11-12,18H2,(H,19,21). The van der Waals surface area contributed by atoms with Crippen LogP contribution in [0.3, 0.4) is 0 Å². The smallest absolute Gasteiger partial charge is 0.317 e. The molecule has 0 bridgehead atoms. The van der Waals surface area contributed by atoms with E-state index in [4.69, 9.17) is 5.73 Å². The number of carbonyl (C=O) groups excluding carboxylic acids is 10. The molecule has 3 atom stereocenters. The SMILES string of the molecule is CCCCCCCCCCCCCCC(CC(=O)O)C(=O)NCCCNC(=O)c1ccc(C(=O)c2ccccc2)cc1.CCCCCCCCCCCCCCC1CC(=O)OC1=O.CCCCCCCCCCCCCCCC(C(=O)O)C(=O)NCCCNC(=O)c1ccc(C(=O)c2ccccc2)cc1.NCCCNC(=O)c1ccc(C(=O)c2ccccc2)cc1. The molecule has 3 unspecified atom stereocenters. The normalized spacial score (nSPS) is 12.4. The van der Waals surface area contributed by atoms with Crippen molar-refractivity contribution in [3.8, 4) is 0 Å². The highest BCUT2D eigenvalue weighted by molar-refractivity contribution is 6.11. The van der Waals surface area contributed by atoms with Gasteiger partial charge in [0.1, 0.15) is 5.92 Å². The van der Waals surface area contributed by atoms with Crippen molar-refractivity contribution in [2.45, 2.75) is 310 Å². The molecule has 126 heavy (non-hydrogen) atoms. The van der Waals surface area contributed by atoms with E-state index in [1.54, 1.807) is 121 Å². The van der Waals surface area contributed by atoms with E-state index in [2.05, 4.69) is 52.1 Å². The van der Waals surface area contributed by atoms with E-state index in [0.717, 1.165) is 57.8 Å². The summed E-state index contributed by atoms with van der Waals surface area (Å²) in [6.07, 6.45) is 50.0. The third-order valence-corrected chi connectivity index (χ3v) is 22.7. The minimum atomic E-state index is -1.09. The molecule has 5 amide bonds. The van der Waals surface area contributed by atoms with Crippen molar-refractivity contribution in [2.75, 3.05) is 39.3 Å². The molecule has 690 valence electrons. The second-order valence-electron chi connectivity index (χ2n) is 33.3. The zero-order valence-corrected chi connectivity index (χ0v) is 76.2. The summed E-state index contributed by atoms with van der Waals surface area (Å²) in [5, 5.41) is 32.7. The lowest BCUT2D eigenvalue weighted by molar-refractivity contribution is -0.153. The number of ether oxygens (including phenoxy) is 1. The molecule has 0 radical (unpaired) electrons. The summed E-state index contributed by atoms with van der Waals surface area (Å²) in [6, 6.07) is 46.7. The Hall–Kier alpha value is -10.3. The van der Waals surface area contributed by atoms with Gasteiger partial charge in [-0.1, -0.05) is 386 Å². The lowest BCUT2D eigenvalue weighted by Crippen LogP contribution is -2.37. The summed E-state index contributed by atoms with van der Waals surface area (Å²) in [7, 11) is 0. The van der Waals surface area contributed by atoms with E-state index in [-0.39, 0.29) is 71.8 Å². The van der Waals surface area contributed by atoms with Crippen LogP contribution in [0, 0.1) is 17.8 Å². The van der Waals surface area contributed by atoms with Crippen molar-refractivity contribution in [3.63, 3.8) is 0 Å². The van der Waals surface area contributed by atoms with Gasteiger partial charge < -0.3 is 47.3 Å². The minimum absolute atomic E-state index is 0.0503. The number of unbranched alkanes of at least 4 members (excludes halogenated alkanes) is 34. The molecule has 0 saturated carbocycles. The number of cyclic esters (lactones) is 2. The third-order valence-electron chi connectivity index (χ3n) is 22.7. The van der Waals surface area contributed by atoms with Crippen molar-refractivity contribution < 1.29 is 72.5 Å². The first-order valence-corrected chi connectivity index (χ1v) is 47.7. The topological polar surface area (TPSA) is 341 Å². The maximum atomic E-state index is 12.6. The predicted octanol–water partition coefficient (Wildman–Crippen LogP) is 21.8. The number of carboxylic acid groups (broad SMARTS) is 2. The molecule has 0 aromatic heterocycles. The number of amides is 5. The molecule has 1 heterocycles. The summed E-state index contributed by atoms with van der Waals surface area (Å²) in [4.78, 5) is 144. The number of rotatable bonds is 65. The molecule has 21 heteroatoms. The Kier molecular flexibility index (Phi) is 59.9. The van der Waals surface area contributed by atoms with E-state index >= 15 is 0 Å². The fraction of sp³-hybridized carbons (Fsp3) is 0.543. The summed E-state index contributed by atoms with van der Waals surface area (Å²) in [5.74, 6) is -6.04. The van der Waals surface area contributed by atoms with E-state index in [9.17, 15) is 67.7 Å². The Bertz CT molecular complexity index is 4030. The molecule has 6 aromatic carbocycles. The number of aliphatic carboxylic acids is 2.